The molecule has 0 aliphatic carbocycles. The number of aliphatic hydroxyl groups is 1. The molecule has 0 unspecified atom stereocenters. The number of pyridine rings is 1. The number of nitrogens with one attached hydrogen (secondary N) is 1. The minimum atomic E-state index is 0.0994. The number of aromatic nitrogens is 1. The number of hydrogen-bond acceptors (Lipinski definition) is 3. The van der Waals surface area contributed by atoms with E-state index in [9.17, 15) is 0 Å². The van der Waals surface area contributed by atoms with Gasteiger partial charge in [0.2, 0.25) is 0 Å². The largest absolute Gasteiger partial charge is 0.392 e. The monoisotopic (exact) mass is 192 g/mol. The van der Waals surface area contributed by atoms with Crippen LogP contribution < -0.4 is 5.32 Å². The molecule has 0 radical (unpaired) electrons. The molecule has 3 heteroatoms. The molecule has 0 amide bonds. The van der Waals surface area contributed by atoms with Crippen molar-refractivity contribution in [2.24, 2.45) is 0 Å². The Morgan fingerprint density at radius 3 is 3.14 bits per heavy atom. The van der Waals surface area contributed by atoms with Crippen molar-refractivity contribution in [2.45, 2.75) is 31.9 Å². The molecule has 2 rings (SSSR count). The highest BCUT2D eigenvalue weighted by atomic mass is 16.3. The van der Waals surface area contributed by atoms with E-state index in [1.54, 1.807) is 6.20 Å². The molecule has 1 aromatic heterocycles. The molecular weight excluding hydrogens is 176 g/mol. The summed E-state index contributed by atoms with van der Waals surface area (Å²) in [5, 5.41) is 12.5. The molecule has 1 aromatic rings. The van der Waals surface area contributed by atoms with Gasteiger partial charge in [0.25, 0.3) is 0 Å². The minimum absolute atomic E-state index is 0.0994. The maximum atomic E-state index is 9.01. The second-order valence-electron chi connectivity index (χ2n) is 3.75. The van der Waals surface area contributed by atoms with E-state index < -0.39 is 0 Å². The van der Waals surface area contributed by atoms with Gasteiger partial charge in [-0.25, -0.2) is 0 Å². The van der Waals surface area contributed by atoms with Crippen LogP contribution in [-0.2, 0) is 6.61 Å². The lowest BCUT2D eigenvalue weighted by atomic mass is 10.0. The zero-order valence-corrected chi connectivity index (χ0v) is 8.24. The predicted octanol–water partition coefficient (Wildman–Crippen LogP) is 1.39. The van der Waals surface area contributed by atoms with E-state index in [2.05, 4.69) is 10.3 Å². The van der Waals surface area contributed by atoms with Gasteiger partial charge >= 0.3 is 0 Å². The van der Waals surface area contributed by atoms with Crippen molar-refractivity contribution in [1.82, 2.24) is 10.3 Å². The van der Waals surface area contributed by atoms with Gasteiger partial charge in [-0.3, -0.25) is 4.98 Å². The summed E-state index contributed by atoms with van der Waals surface area (Å²) in [5.41, 5.74) is 2.01. The number of rotatable bonds is 2. The topological polar surface area (TPSA) is 45.2 Å². The lowest BCUT2D eigenvalue weighted by Crippen LogP contribution is -2.27. The first kappa shape index (κ1) is 9.62. The highest BCUT2D eigenvalue weighted by Crippen LogP contribution is 2.21. The molecule has 2 heterocycles. The molecule has 0 saturated carbocycles. The summed E-state index contributed by atoms with van der Waals surface area (Å²) in [6.07, 6.45) is 5.46. The second kappa shape index (κ2) is 4.53. The molecule has 1 aliphatic rings. The third kappa shape index (κ3) is 2.11. The summed E-state index contributed by atoms with van der Waals surface area (Å²) < 4.78 is 0. The fourth-order valence-corrected chi connectivity index (χ4v) is 1.89. The standard InChI is InChI=1S/C11H16N2O/c14-8-9-4-6-13-11(7-9)10-3-1-2-5-12-10/h4,6-7,10,12,14H,1-3,5,8H2/t10-/m1/s1. The second-order valence-corrected chi connectivity index (χ2v) is 3.75. The summed E-state index contributed by atoms with van der Waals surface area (Å²) >= 11 is 0. The third-order valence-electron chi connectivity index (χ3n) is 2.70. The Bertz CT molecular complexity index is 295. The van der Waals surface area contributed by atoms with Crippen LogP contribution in [0.25, 0.3) is 0 Å². The molecule has 0 bridgehead atoms. The van der Waals surface area contributed by atoms with Crippen molar-refractivity contribution in [2.75, 3.05) is 6.54 Å². The van der Waals surface area contributed by atoms with Gasteiger partial charge in [0.1, 0.15) is 0 Å². The Balaban J connectivity index is 2.13. The highest BCUT2D eigenvalue weighted by Gasteiger charge is 2.15. The fraction of sp³-hybridized carbons (Fsp3) is 0.545. The van der Waals surface area contributed by atoms with Gasteiger partial charge in [0.05, 0.1) is 12.3 Å². The summed E-state index contributed by atoms with van der Waals surface area (Å²) in [6, 6.07) is 4.23. The summed E-state index contributed by atoms with van der Waals surface area (Å²) in [4.78, 5) is 4.34. The lowest BCUT2D eigenvalue weighted by Gasteiger charge is -2.23. The smallest absolute Gasteiger partial charge is 0.0683 e. The molecular formula is C11H16N2O. The van der Waals surface area contributed by atoms with Crippen LogP contribution in [-0.4, -0.2) is 16.6 Å². The fourth-order valence-electron chi connectivity index (χ4n) is 1.89. The first-order valence-electron chi connectivity index (χ1n) is 5.19. The van der Waals surface area contributed by atoms with Crippen molar-refractivity contribution >= 4 is 0 Å². The first-order chi connectivity index (χ1) is 6.90. The number of aliphatic hydroxyl groups excluding tert-OH is 1. The van der Waals surface area contributed by atoms with Gasteiger partial charge in [-0.2, -0.15) is 0 Å². The van der Waals surface area contributed by atoms with Crippen LogP contribution in [0, 0.1) is 0 Å². The lowest BCUT2D eigenvalue weighted by molar-refractivity contribution is 0.281. The Morgan fingerprint density at radius 1 is 1.50 bits per heavy atom. The van der Waals surface area contributed by atoms with Crippen molar-refractivity contribution in [3.63, 3.8) is 0 Å². The molecule has 0 aromatic carbocycles. The summed E-state index contributed by atoms with van der Waals surface area (Å²) in [7, 11) is 0. The van der Waals surface area contributed by atoms with E-state index in [4.69, 9.17) is 5.11 Å². The van der Waals surface area contributed by atoms with Gasteiger partial charge in [-0.1, -0.05) is 6.42 Å². The molecule has 1 atom stereocenters. The van der Waals surface area contributed by atoms with Crippen molar-refractivity contribution in [1.29, 1.82) is 0 Å². The Hall–Kier alpha value is -0.930. The Labute approximate surface area is 84.2 Å². The summed E-state index contributed by atoms with van der Waals surface area (Å²) in [6.45, 7) is 1.18. The predicted molar refractivity (Wildman–Crippen MR) is 54.8 cm³/mol. The van der Waals surface area contributed by atoms with Crippen LogP contribution >= 0.6 is 0 Å². The van der Waals surface area contributed by atoms with Crippen LogP contribution in [0.1, 0.15) is 36.6 Å². The normalized spacial score (nSPS) is 22.2. The van der Waals surface area contributed by atoms with Gasteiger partial charge in [-0.05, 0) is 37.1 Å². The number of nitrogens with zero attached hydrogens (tertiary/aromatic N) is 1. The van der Waals surface area contributed by atoms with Crippen molar-refractivity contribution in [3.8, 4) is 0 Å². The molecule has 1 saturated heterocycles. The molecule has 14 heavy (non-hydrogen) atoms. The maximum Gasteiger partial charge on any atom is 0.0683 e. The van der Waals surface area contributed by atoms with Crippen molar-refractivity contribution in [3.05, 3.63) is 29.6 Å². The van der Waals surface area contributed by atoms with E-state index in [1.165, 1.54) is 12.8 Å². The van der Waals surface area contributed by atoms with Gasteiger partial charge < -0.3 is 10.4 Å². The quantitative estimate of drug-likeness (QED) is 0.744. The zero-order valence-electron chi connectivity index (χ0n) is 8.24. The molecule has 1 aliphatic heterocycles. The maximum absolute atomic E-state index is 9.01. The van der Waals surface area contributed by atoms with E-state index in [-0.39, 0.29) is 6.61 Å². The molecule has 76 valence electrons. The molecule has 3 nitrogen and oxygen atoms in total. The van der Waals surface area contributed by atoms with Gasteiger partial charge in [-0.15, -0.1) is 0 Å². The zero-order chi connectivity index (χ0) is 9.80. The van der Waals surface area contributed by atoms with Crippen molar-refractivity contribution < 1.29 is 5.11 Å². The van der Waals surface area contributed by atoms with Crippen LogP contribution in [0.15, 0.2) is 18.3 Å². The molecule has 1 fully saturated rings. The third-order valence-corrected chi connectivity index (χ3v) is 2.70. The molecule has 2 N–H and O–H groups in total. The van der Waals surface area contributed by atoms with E-state index in [1.807, 2.05) is 12.1 Å². The summed E-state index contributed by atoms with van der Waals surface area (Å²) in [5.74, 6) is 0. The van der Waals surface area contributed by atoms with Crippen LogP contribution in [0.5, 0.6) is 0 Å². The number of hydrogen-bond donors (Lipinski definition) is 2. The van der Waals surface area contributed by atoms with E-state index >= 15 is 0 Å². The number of piperidine rings is 1. The van der Waals surface area contributed by atoms with Gasteiger partial charge in [0, 0.05) is 12.2 Å². The average Bonchev–Trinajstić information content (AvgIpc) is 2.30. The van der Waals surface area contributed by atoms with E-state index in [0.717, 1.165) is 24.2 Å². The van der Waals surface area contributed by atoms with Gasteiger partial charge in [0.15, 0.2) is 0 Å². The Morgan fingerprint density at radius 2 is 2.43 bits per heavy atom. The minimum Gasteiger partial charge on any atom is -0.392 e. The van der Waals surface area contributed by atoms with E-state index in [0.29, 0.717) is 6.04 Å². The average molecular weight is 192 g/mol. The SMILES string of the molecule is OCc1ccnc([C@H]2CCCCN2)c1. The molecule has 0 spiro atoms. The van der Waals surface area contributed by atoms with Crippen LogP contribution in [0.2, 0.25) is 0 Å². The van der Waals surface area contributed by atoms with Crippen LogP contribution in [0.3, 0.4) is 0 Å². The van der Waals surface area contributed by atoms with Crippen LogP contribution in [0.4, 0.5) is 0 Å². The first-order valence-corrected chi connectivity index (χ1v) is 5.19. The Kier molecular flexibility index (Phi) is 3.11. The highest BCUT2D eigenvalue weighted by molar-refractivity contribution is 5.18.